The molecule has 1 atom stereocenters. The predicted molar refractivity (Wildman–Crippen MR) is 83.5 cm³/mol. The van der Waals surface area contributed by atoms with Gasteiger partial charge in [-0.3, -0.25) is 4.79 Å². The van der Waals surface area contributed by atoms with Crippen LogP contribution in [0.2, 0.25) is 5.02 Å². The van der Waals surface area contributed by atoms with E-state index >= 15 is 0 Å². The van der Waals surface area contributed by atoms with Crippen LogP contribution in [-0.2, 0) is 4.79 Å². The first-order valence-electron chi connectivity index (χ1n) is 6.25. The van der Waals surface area contributed by atoms with E-state index in [0.717, 1.165) is 16.6 Å². The molecule has 6 heteroatoms. The zero-order valence-corrected chi connectivity index (χ0v) is 13.2. The van der Waals surface area contributed by atoms with Crippen molar-refractivity contribution >= 4 is 39.1 Å². The summed E-state index contributed by atoms with van der Waals surface area (Å²) in [6.45, 7) is 3.09. The van der Waals surface area contributed by atoms with Crippen LogP contribution in [0.4, 0.5) is 5.69 Å². The van der Waals surface area contributed by atoms with Gasteiger partial charge >= 0.3 is 0 Å². The maximum atomic E-state index is 11.6. The van der Waals surface area contributed by atoms with Gasteiger partial charge in [-0.15, -0.1) is 0 Å². The molecule has 0 heterocycles. The van der Waals surface area contributed by atoms with Gasteiger partial charge in [0.25, 0.3) is 0 Å². The molecule has 1 amide bonds. The largest absolute Gasteiger partial charge is 0.380 e. The molecule has 4 N–H and O–H groups in total. The van der Waals surface area contributed by atoms with Gasteiger partial charge in [-0.05, 0) is 40.5 Å². The van der Waals surface area contributed by atoms with Crippen molar-refractivity contribution in [3.05, 3.63) is 27.7 Å². The second-order valence-electron chi connectivity index (χ2n) is 4.26. The van der Waals surface area contributed by atoms with Crippen LogP contribution in [-0.4, -0.2) is 25.0 Å². The van der Waals surface area contributed by atoms with Crippen LogP contribution in [0.15, 0.2) is 22.7 Å². The van der Waals surface area contributed by atoms with Crippen LogP contribution in [0.1, 0.15) is 19.8 Å². The van der Waals surface area contributed by atoms with Crippen molar-refractivity contribution in [1.82, 2.24) is 5.32 Å². The van der Waals surface area contributed by atoms with Crippen molar-refractivity contribution in [2.45, 2.75) is 25.8 Å². The first-order chi connectivity index (χ1) is 9.06. The number of carbonyl (C=O) groups is 1. The number of anilines is 1. The molecule has 106 valence electrons. The minimum Gasteiger partial charge on any atom is -0.380 e. The van der Waals surface area contributed by atoms with Crippen molar-refractivity contribution < 1.29 is 4.79 Å². The summed E-state index contributed by atoms with van der Waals surface area (Å²) in [5.74, 6) is 0.00742. The van der Waals surface area contributed by atoms with Crippen molar-refractivity contribution in [2.75, 3.05) is 18.4 Å². The summed E-state index contributed by atoms with van der Waals surface area (Å²) in [7, 11) is 0. The second kappa shape index (κ2) is 8.40. The van der Waals surface area contributed by atoms with Gasteiger partial charge in [0.05, 0.1) is 5.02 Å². The quantitative estimate of drug-likeness (QED) is 0.710. The average molecular weight is 349 g/mol. The summed E-state index contributed by atoms with van der Waals surface area (Å²) >= 11 is 9.35. The van der Waals surface area contributed by atoms with Gasteiger partial charge in [-0.2, -0.15) is 0 Å². The lowest BCUT2D eigenvalue weighted by atomic mass is 10.1. The Morgan fingerprint density at radius 1 is 1.53 bits per heavy atom. The first-order valence-corrected chi connectivity index (χ1v) is 7.42. The number of amides is 1. The number of nitrogens with one attached hydrogen (secondary N) is 2. The fourth-order valence-electron chi connectivity index (χ4n) is 1.58. The Morgan fingerprint density at radius 2 is 2.26 bits per heavy atom. The van der Waals surface area contributed by atoms with E-state index in [9.17, 15) is 4.79 Å². The summed E-state index contributed by atoms with van der Waals surface area (Å²) in [6, 6.07) is 5.45. The SMILES string of the molecule is CCCNC(=O)CC(CN)Nc1ccc(Br)c(Cl)c1. The van der Waals surface area contributed by atoms with E-state index < -0.39 is 0 Å². The van der Waals surface area contributed by atoms with Crippen LogP contribution in [0.5, 0.6) is 0 Å². The maximum absolute atomic E-state index is 11.6. The van der Waals surface area contributed by atoms with Gasteiger partial charge < -0.3 is 16.4 Å². The van der Waals surface area contributed by atoms with Gasteiger partial charge in [0.1, 0.15) is 0 Å². The molecule has 1 rings (SSSR count). The molecule has 0 saturated heterocycles. The third kappa shape index (κ3) is 5.80. The predicted octanol–water partition coefficient (Wildman–Crippen LogP) is 2.76. The molecule has 0 radical (unpaired) electrons. The van der Waals surface area contributed by atoms with E-state index in [0.29, 0.717) is 24.5 Å². The Morgan fingerprint density at radius 3 is 2.84 bits per heavy atom. The Hall–Kier alpha value is -0.780. The number of hydrogen-bond donors (Lipinski definition) is 3. The summed E-state index contributed by atoms with van der Waals surface area (Å²) in [6.07, 6.45) is 1.28. The van der Waals surface area contributed by atoms with E-state index in [4.69, 9.17) is 17.3 Å². The Kier molecular flexibility index (Phi) is 7.20. The minimum absolute atomic E-state index is 0.00742. The molecule has 1 aromatic carbocycles. The maximum Gasteiger partial charge on any atom is 0.222 e. The van der Waals surface area contributed by atoms with Crippen molar-refractivity contribution in [3.63, 3.8) is 0 Å². The topological polar surface area (TPSA) is 67.2 Å². The van der Waals surface area contributed by atoms with Crippen LogP contribution in [0.3, 0.4) is 0 Å². The lowest BCUT2D eigenvalue weighted by Crippen LogP contribution is -2.36. The highest BCUT2D eigenvalue weighted by atomic mass is 79.9. The normalized spacial score (nSPS) is 12.0. The van der Waals surface area contributed by atoms with Crippen LogP contribution >= 0.6 is 27.5 Å². The van der Waals surface area contributed by atoms with Crippen molar-refractivity contribution in [2.24, 2.45) is 5.73 Å². The number of hydrogen-bond acceptors (Lipinski definition) is 3. The van der Waals surface area contributed by atoms with Gasteiger partial charge in [0, 0.05) is 35.7 Å². The summed E-state index contributed by atoms with van der Waals surface area (Å²) in [4.78, 5) is 11.6. The monoisotopic (exact) mass is 347 g/mol. The Balaban J connectivity index is 2.56. The molecular weight excluding hydrogens is 330 g/mol. The highest BCUT2D eigenvalue weighted by molar-refractivity contribution is 9.10. The number of nitrogens with two attached hydrogens (primary N) is 1. The first kappa shape index (κ1) is 16.3. The number of halogens is 2. The van der Waals surface area contributed by atoms with Crippen molar-refractivity contribution in [1.29, 1.82) is 0 Å². The molecule has 0 bridgehead atoms. The molecule has 1 aromatic rings. The average Bonchev–Trinajstić information content (AvgIpc) is 2.39. The molecule has 1 unspecified atom stereocenters. The fraction of sp³-hybridized carbons (Fsp3) is 0.462. The van der Waals surface area contributed by atoms with Crippen molar-refractivity contribution in [3.8, 4) is 0 Å². The van der Waals surface area contributed by atoms with E-state index in [-0.39, 0.29) is 11.9 Å². The van der Waals surface area contributed by atoms with Gasteiger partial charge in [0.15, 0.2) is 0 Å². The minimum atomic E-state index is -0.103. The zero-order chi connectivity index (χ0) is 14.3. The molecule has 4 nitrogen and oxygen atoms in total. The smallest absolute Gasteiger partial charge is 0.222 e. The molecule has 0 fully saturated rings. The molecular formula is C13H19BrClN3O. The third-order valence-corrected chi connectivity index (χ3v) is 3.81. The summed E-state index contributed by atoms with van der Waals surface area (Å²) < 4.78 is 0.838. The van der Waals surface area contributed by atoms with E-state index in [1.165, 1.54) is 0 Å². The number of rotatable bonds is 7. The molecule has 0 aliphatic rings. The van der Waals surface area contributed by atoms with E-state index in [2.05, 4.69) is 26.6 Å². The number of carbonyl (C=O) groups excluding carboxylic acids is 1. The van der Waals surface area contributed by atoms with Gasteiger partial charge in [0.2, 0.25) is 5.91 Å². The lowest BCUT2D eigenvalue weighted by Gasteiger charge is -2.18. The second-order valence-corrected chi connectivity index (χ2v) is 5.52. The molecule has 0 saturated carbocycles. The van der Waals surface area contributed by atoms with Crippen LogP contribution in [0, 0.1) is 0 Å². The lowest BCUT2D eigenvalue weighted by molar-refractivity contribution is -0.121. The zero-order valence-electron chi connectivity index (χ0n) is 10.9. The fourth-order valence-corrected chi connectivity index (χ4v) is 2.00. The highest BCUT2D eigenvalue weighted by Gasteiger charge is 2.12. The van der Waals surface area contributed by atoms with Crippen LogP contribution < -0.4 is 16.4 Å². The Bertz CT molecular complexity index is 428. The standard InChI is InChI=1S/C13H19BrClN3O/c1-2-5-17-13(19)7-10(8-16)18-9-3-4-11(14)12(15)6-9/h3-4,6,10,18H,2,5,7-8,16H2,1H3,(H,17,19). The molecule has 0 aliphatic heterocycles. The van der Waals surface area contributed by atoms with Gasteiger partial charge in [-0.25, -0.2) is 0 Å². The van der Waals surface area contributed by atoms with E-state index in [1.54, 1.807) is 6.07 Å². The molecule has 19 heavy (non-hydrogen) atoms. The van der Waals surface area contributed by atoms with E-state index in [1.807, 2.05) is 19.1 Å². The molecule has 0 spiro atoms. The summed E-state index contributed by atoms with van der Waals surface area (Å²) in [5.41, 5.74) is 6.53. The van der Waals surface area contributed by atoms with Crippen LogP contribution in [0.25, 0.3) is 0 Å². The molecule has 0 aromatic heterocycles. The Labute approximate surface area is 127 Å². The summed E-state index contributed by atoms with van der Waals surface area (Å²) in [5, 5.41) is 6.67. The van der Waals surface area contributed by atoms with Gasteiger partial charge in [-0.1, -0.05) is 18.5 Å². The third-order valence-electron chi connectivity index (χ3n) is 2.58. The number of benzene rings is 1. The highest BCUT2D eigenvalue weighted by Crippen LogP contribution is 2.25. The molecule has 0 aliphatic carbocycles.